The molecule has 0 saturated carbocycles. The van der Waals surface area contributed by atoms with Crippen LogP contribution in [-0.4, -0.2) is 9.78 Å². The average molecular weight is 307 g/mol. The minimum Gasteiger partial charge on any atom is -0.384 e. The molecule has 3 nitrogen and oxygen atoms in total. The molecule has 0 aliphatic rings. The fraction of sp³-hybridized carbons (Fsp3) is 0.222. The van der Waals surface area contributed by atoms with Gasteiger partial charge in [-0.05, 0) is 28.9 Å². The van der Waals surface area contributed by atoms with Crippen molar-refractivity contribution < 1.29 is 0 Å². The molecule has 2 heterocycles. The van der Waals surface area contributed by atoms with Crippen LogP contribution >= 0.6 is 38.9 Å². The van der Waals surface area contributed by atoms with Gasteiger partial charge in [0.15, 0.2) is 0 Å². The van der Waals surface area contributed by atoms with Crippen molar-refractivity contribution in [1.82, 2.24) is 9.78 Å². The van der Waals surface area contributed by atoms with Gasteiger partial charge in [0.1, 0.15) is 10.2 Å². The number of rotatable bonds is 2. The van der Waals surface area contributed by atoms with E-state index in [0.717, 1.165) is 19.2 Å². The van der Waals surface area contributed by atoms with Crippen molar-refractivity contribution in [2.45, 2.75) is 13.5 Å². The molecule has 2 aromatic rings. The highest BCUT2D eigenvalue weighted by Crippen LogP contribution is 2.32. The number of aryl methyl sites for hydroxylation is 1. The van der Waals surface area contributed by atoms with E-state index in [1.54, 1.807) is 10.9 Å². The number of anilines is 1. The maximum absolute atomic E-state index is 5.95. The van der Waals surface area contributed by atoms with Gasteiger partial charge in [0.05, 0.1) is 12.7 Å². The third-order valence-corrected chi connectivity index (χ3v) is 4.53. The molecule has 0 spiro atoms. The van der Waals surface area contributed by atoms with E-state index in [1.807, 2.05) is 13.0 Å². The first-order valence-corrected chi connectivity index (χ1v) is 6.28. The van der Waals surface area contributed by atoms with Gasteiger partial charge < -0.3 is 5.73 Å². The molecule has 15 heavy (non-hydrogen) atoms. The molecule has 6 heteroatoms. The highest BCUT2D eigenvalue weighted by molar-refractivity contribution is 9.10. The molecule has 0 aliphatic carbocycles. The van der Waals surface area contributed by atoms with Crippen LogP contribution in [0.2, 0.25) is 4.34 Å². The maximum Gasteiger partial charge on any atom is 0.125 e. The van der Waals surface area contributed by atoms with E-state index < -0.39 is 0 Å². The summed E-state index contributed by atoms with van der Waals surface area (Å²) in [4.78, 5) is 1.13. The van der Waals surface area contributed by atoms with Gasteiger partial charge in [-0.15, -0.1) is 11.3 Å². The molecule has 0 bridgehead atoms. The van der Waals surface area contributed by atoms with Gasteiger partial charge in [0.2, 0.25) is 0 Å². The third-order valence-electron chi connectivity index (χ3n) is 2.07. The standard InChI is InChI=1S/C9H9BrClN3S/c1-5-3-13-14(9(5)12)4-6-2-7(10)8(11)15-6/h2-3H,4,12H2,1H3. The zero-order chi connectivity index (χ0) is 11.0. The monoisotopic (exact) mass is 305 g/mol. The molecule has 2 rings (SSSR count). The predicted octanol–water partition coefficient (Wildman–Crippen LogP) is 3.30. The van der Waals surface area contributed by atoms with E-state index in [9.17, 15) is 0 Å². The van der Waals surface area contributed by atoms with Gasteiger partial charge in [-0.2, -0.15) is 5.10 Å². The summed E-state index contributed by atoms with van der Waals surface area (Å²) in [5.41, 5.74) is 6.85. The zero-order valence-corrected chi connectivity index (χ0v) is 11.2. The molecular formula is C9H9BrClN3S. The van der Waals surface area contributed by atoms with Crippen LogP contribution in [0.25, 0.3) is 0 Å². The average Bonchev–Trinajstić information content (AvgIpc) is 2.65. The Balaban J connectivity index is 2.25. The largest absolute Gasteiger partial charge is 0.384 e. The molecule has 2 N–H and O–H groups in total. The first-order valence-electron chi connectivity index (χ1n) is 4.29. The van der Waals surface area contributed by atoms with Crippen molar-refractivity contribution in [3.05, 3.63) is 31.5 Å². The van der Waals surface area contributed by atoms with Crippen LogP contribution in [0.15, 0.2) is 16.7 Å². The van der Waals surface area contributed by atoms with Gasteiger partial charge in [-0.25, -0.2) is 4.68 Å². The van der Waals surface area contributed by atoms with Crippen LogP contribution in [0.5, 0.6) is 0 Å². The second-order valence-electron chi connectivity index (χ2n) is 3.20. The fourth-order valence-electron chi connectivity index (χ4n) is 1.23. The number of thiophene rings is 1. The quantitative estimate of drug-likeness (QED) is 0.925. The zero-order valence-electron chi connectivity index (χ0n) is 8.00. The highest BCUT2D eigenvalue weighted by atomic mass is 79.9. The first kappa shape index (κ1) is 11.0. The normalized spacial score (nSPS) is 10.9. The molecule has 0 radical (unpaired) electrons. The molecule has 0 atom stereocenters. The van der Waals surface area contributed by atoms with Crippen molar-refractivity contribution >= 4 is 44.7 Å². The number of halogens is 2. The Labute approximate surface area is 105 Å². The van der Waals surface area contributed by atoms with Crippen molar-refractivity contribution in [3.8, 4) is 0 Å². The second kappa shape index (κ2) is 4.15. The van der Waals surface area contributed by atoms with Crippen molar-refractivity contribution in [2.75, 3.05) is 5.73 Å². The van der Waals surface area contributed by atoms with Gasteiger partial charge in [-0.1, -0.05) is 11.6 Å². The van der Waals surface area contributed by atoms with Gasteiger partial charge in [0, 0.05) is 14.9 Å². The summed E-state index contributed by atoms with van der Waals surface area (Å²) >= 11 is 10.9. The Morgan fingerprint density at radius 2 is 2.40 bits per heavy atom. The van der Waals surface area contributed by atoms with Crippen LogP contribution < -0.4 is 5.73 Å². The van der Waals surface area contributed by atoms with Crippen molar-refractivity contribution in [3.63, 3.8) is 0 Å². The lowest BCUT2D eigenvalue weighted by atomic mass is 10.4. The van der Waals surface area contributed by atoms with Gasteiger partial charge in [0.25, 0.3) is 0 Å². The molecule has 0 amide bonds. The molecule has 0 aromatic carbocycles. The summed E-state index contributed by atoms with van der Waals surface area (Å²) in [5.74, 6) is 0.704. The Morgan fingerprint density at radius 3 is 2.87 bits per heavy atom. The molecule has 0 aliphatic heterocycles. The lowest BCUT2D eigenvalue weighted by Gasteiger charge is -2.01. The molecule has 0 unspecified atom stereocenters. The minimum absolute atomic E-state index is 0.662. The van der Waals surface area contributed by atoms with Crippen molar-refractivity contribution in [2.24, 2.45) is 0 Å². The third kappa shape index (κ3) is 2.19. The SMILES string of the molecule is Cc1cnn(Cc2cc(Br)c(Cl)s2)c1N. The topological polar surface area (TPSA) is 43.8 Å². The fourth-order valence-corrected chi connectivity index (χ4v) is 3.00. The van der Waals surface area contributed by atoms with E-state index in [2.05, 4.69) is 21.0 Å². The summed E-state index contributed by atoms with van der Waals surface area (Å²) in [6.07, 6.45) is 1.76. The van der Waals surface area contributed by atoms with E-state index in [-0.39, 0.29) is 0 Å². The van der Waals surface area contributed by atoms with E-state index in [4.69, 9.17) is 17.3 Å². The molecule has 2 aromatic heterocycles. The number of nitrogens with zero attached hydrogens (tertiary/aromatic N) is 2. The highest BCUT2D eigenvalue weighted by Gasteiger charge is 2.08. The van der Waals surface area contributed by atoms with Crippen molar-refractivity contribution in [1.29, 1.82) is 0 Å². The summed E-state index contributed by atoms with van der Waals surface area (Å²) in [5, 5.41) is 4.19. The number of nitrogen functional groups attached to an aromatic ring is 1. The Morgan fingerprint density at radius 1 is 1.67 bits per heavy atom. The van der Waals surface area contributed by atoms with E-state index >= 15 is 0 Å². The number of aromatic nitrogens is 2. The summed E-state index contributed by atoms with van der Waals surface area (Å²) in [6, 6.07) is 1.99. The molecule has 0 saturated heterocycles. The minimum atomic E-state index is 0.662. The van der Waals surface area contributed by atoms with Crippen LogP contribution in [0, 0.1) is 6.92 Å². The van der Waals surface area contributed by atoms with Crippen LogP contribution in [0.3, 0.4) is 0 Å². The van der Waals surface area contributed by atoms with Crippen LogP contribution in [0.1, 0.15) is 10.4 Å². The number of hydrogen-bond donors (Lipinski definition) is 1. The maximum atomic E-state index is 5.95. The predicted molar refractivity (Wildman–Crippen MR) is 67.5 cm³/mol. The first-order chi connectivity index (χ1) is 7.08. The van der Waals surface area contributed by atoms with Crippen LogP contribution in [-0.2, 0) is 6.54 Å². The lowest BCUT2D eigenvalue weighted by molar-refractivity contribution is 0.705. The number of hydrogen-bond acceptors (Lipinski definition) is 3. The Bertz CT molecular complexity index is 472. The molecule has 80 valence electrons. The summed E-state index contributed by atoms with van der Waals surface area (Å²) < 4.78 is 3.45. The Kier molecular flexibility index (Phi) is 3.04. The summed E-state index contributed by atoms with van der Waals surface area (Å²) in [7, 11) is 0. The van der Waals surface area contributed by atoms with Gasteiger partial charge >= 0.3 is 0 Å². The number of nitrogens with two attached hydrogens (primary N) is 1. The second-order valence-corrected chi connectivity index (χ2v) is 5.80. The molecular weight excluding hydrogens is 298 g/mol. The smallest absolute Gasteiger partial charge is 0.125 e. The van der Waals surface area contributed by atoms with Gasteiger partial charge in [-0.3, -0.25) is 0 Å². The Hall–Kier alpha value is -0.520. The lowest BCUT2D eigenvalue weighted by Crippen LogP contribution is -2.04. The van der Waals surface area contributed by atoms with E-state index in [1.165, 1.54) is 11.3 Å². The van der Waals surface area contributed by atoms with Crippen LogP contribution in [0.4, 0.5) is 5.82 Å². The van der Waals surface area contributed by atoms with E-state index in [0.29, 0.717) is 12.4 Å². The molecule has 0 fully saturated rings. The summed E-state index contributed by atoms with van der Waals surface area (Å²) in [6.45, 7) is 2.60.